The van der Waals surface area contributed by atoms with E-state index in [0.29, 0.717) is 12.4 Å². The topological polar surface area (TPSA) is 67.8 Å². The lowest BCUT2D eigenvalue weighted by Gasteiger charge is -2.25. The fourth-order valence-electron chi connectivity index (χ4n) is 1.60. The Balaban J connectivity index is 2.90. The first-order chi connectivity index (χ1) is 8.39. The summed E-state index contributed by atoms with van der Waals surface area (Å²) in [6.07, 6.45) is 0. The van der Waals surface area contributed by atoms with Crippen molar-refractivity contribution in [1.29, 1.82) is 0 Å². The van der Waals surface area contributed by atoms with Gasteiger partial charge in [-0.15, -0.1) is 0 Å². The molecule has 0 heterocycles. The number of benzene rings is 1. The number of methoxy groups -OCH3 is 2. The summed E-state index contributed by atoms with van der Waals surface area (Å²) in [7, 11) is 3.07. The van der Waals surface area contributed by atoms with Gasteiger partial charge in [-0.05, 0) is 32.0 Å². The van der Waals surface area contributed by atoms with E-state index in [1.165, 1.54) is 19.2 Å². The molecule has 1 aromatic carbocycles. The van der Waals surface area contributed by atoms with Crippen LogP contribution in [-0.2, 0) is 4.74 Å². The first kappa shape index (κ1) is 14.3. The minimum Gasteiger partial charge on any atom is -0.507 e. The van der Waals surface area contributed by atoms with Crippen LogP contribution in [0.5, 0.6) is 11.5 Å². The Morgan fingerprint density at radius 3 is 2.61 bits per heavy atom. The predicted molar refractivity (Wildman–Crippen MR) is 68.1 cm³/mol. The van der Waals surface area contributed by atoms with Crippen LogP contribution in [0.25, 0.3) is 0 Å². The molecule has 1 rings (SSSR count). The summed E-state index contributed by atoms with van der Waals surface area (Å²) in [6.45, 7) is 4.06. The summed E-state index contributed by atoms with van der Waals surface area (Å²) in [5.41, 5.74) is -0.333. The number of hydrogen-bond donors (Lipinski definition) is 2. The van der Waals surface area contributed by atoms with E-state index < -0.39 is 5.54 Å². The zero-order valence-electron chi connectivity index (χ0n) is 11.1. The quantitative estimate of drug-likeness (QED) is 0.835. The first-order valence-electron chi connectivity index (χ1n) is 5.58. The van der Waals surface area contributed by atoms with Crippen LogP contribution < -0.4 is 10.1 Å². The van der Waals surface area contributed by atoms with E-state index in [2.05, 4.69) is 5.32 Å². The van der Waals surface area contributed by atoms with Gasteiger partial charge in [-0.1, -0.05) is 0 Å². The maximum absolute atomic E-state index is 12.0. The summed E-state index contributed by atoms with van der Waals surface area (Å²) >= 11 is 0. The normalized spacial score (nSPS) is 11.1. The number of ether oxygens (including phenoxy) is 2. The van der Waals surface area contributed by atoms with Crippen molar-refractivity contribution in [1.82, 2.24) is 5.32 Å². The summed E-state index contributed by atoms with van der Waals surface area (Å²) in [4.78, 5) is 12.0. The van der Waals surface area contributed by atoms with Crippen molar-refractivity contribution in [3.8, 4) is 11.5 Å². The Morgan fingerprint density at radius 1 is 1.39 bits per heavy atom. The average molecular weight is 253 g/mol. The molecule has 0 saturated heterocycles. The van der Waals surface area contributed by atoms with Gasteiger partial charge in [0.05, 0.1) is 24.8 Å². The van der Waals surface area contributed by atoms with Crippen molar-refractivity contribution in [2.75, 3.05) is 20.8 Å². The Labute approximate surface area is 107 Å². The monoisotopic (exact) mass is 253 g/mol. The second-order valence-corrected chi connectivity index (χ2v) is 4.65. The number of amides is 1. The van der Waals surface area contributed by atoms with E-state index in [4.69, 9.17) is 9.47 Å². The third-order valence-electron chi connectivity index (χ3n) is 2.41. The molecule has 1 amide bonds. The van der Waals surface area contributed by atoms with Crippen molar-refractivity contribution in [3.05, 3.63) is 23.8 Å². The molecule has 0 saturated carbocycles. The molecular weight excluding hydrogens is 234 g/mol. The van der Waals surface area contributed by atoms with Gasteiger partial charge in [0.25, 0.3) is 5.91 Å². The molecule has 0 aliphatic carbocycles. The van der Waals surface area contributed by atoms with Crippen LogP contribution in [-0.4, -0.2) is 37.4 Å². The lowest BCUT2D eigenvalue weighted by molar-refractivity contribution is 0.0817. The fraction of sp³-hybridized carbons (Fsp3) is 0.462. The third-order valence-corrected chi connectivity index (χ3v) is 2.41. The van der Waals surface area contributed by atoms with Crippen molar-refractivity contribution < 1.29 is 19.4 Å². The van der Waals surface area contributed by atoms with E-state index in [0.717, 1.165) is 0 Å². The predicted octanol–water partition coefficient (Wildman–Crippen LogP) is 1.56. The highest BCUT2D eigenvalue weighted by Crippen LogP contribution is 2.23. The molecule has 0 aromatic heterocycles. The highest BCUT2D eigenvalue weighted by Gasteiger charge is 2.22. The standard InChI is InChI=1S/C13H19NO4/c1-13(2,8-17-3)14-12(16)10-7-9(18-4)5-6-11(10)15/h5-7,15H,8H2,1-4H3,(H,14,16). The SMILES string of the molecule is COCC(C)(C)NC(=O)c1cc(OC)ccc1O. The van der Waals surface area contributed by atoms with Gasteiger partial charge in [0.1, 0.15) is 11.5 Å². The Kier molecular flexibility index (Phi) is 4.55. The number of nitrogens with one attached hydrogen (secondary N) is 1. The second-order valence-electron chi connectivity index (χ2n) is 4.65. The lowest BCUT2D eigenvalue weighted by Crippen LogP contribution is -2.46. The van der Waals surface area contributed by atoms with E-state index in [1.807, 2.05) is 13.8 Å². The van der Waals surface area contributed by atoms with E-state index in [1.54, 1.807) is 13.2 Å². The van der Waals surface area contributed by atoms with Crippen LogP contribution in [0.1, 0.15) is 24.2 Å². The van der Waals surface area contributed by atoms with Gasteiger partial charge in [0, 0.05) is 7.11 Å². The van der Waals surface area contributed by atoms with Crippen molar-refractivity contribution in [3.63, 3.8) is 0 Å². The number of phenols is 1. The van der Waals surface area contributed by atoms with Crippen molar-refractivity contribution in [2.45, 2.75) is 19.4 Å². The molecule has 5 nitrogen and oxygen atoms in total. The van der Waals surface area contributed by atoms with Gasteiger partial charge >= 0.3 is 0 Å². The van der Waals surface area contributed by atoms with Gasteiger partial charge in [-0.3, -0.25) is 4.79 Å². The number of hydrogen-bond acceptors (Lipinski definition) is 4. The van der Waals surface area contributed by atoms with E-state index in [-0.39, 0.29) is 17.2 Å². The zero-order chi connectivity index (χ0) is 13.8. The summed E-state index contributed by atoms with van der Waals surface area (Å²) in [5, 5.41) is 12.5. The fourth-order valence-corrected chi connectivity index (χ4v) is 1.60. The molecule has 5 heteroatoms. The third kappa shape index (κ3) is 3.63. The van der Waals surface area contributed by atoms with Crippen molar-refractivity contribution >= 4 is 5.91 Å². The van der Waals surface area contributed by atoms with Crippen LogP contribution in [0.15, 0.2) is 18.2 Å². The molecule has 2 N–H and O–H groups in total. The van der Waals surface area contributed by atoms with Crippen LogP contribution in [0, 0.1) is 0 Å². The molecule has 0 aliphatic rings. The first-order valence-corrected chi connectivity index (χ1v) is 5.58. The number of phenolic OH excluding ortho intramolecular Hbond substituents is 1. The second kappa shape index (κ2) is 5.73. The summed E-state index contributed by atoms with van der Waals surface area (Å²) in [5.74, 6) is 0.0671. The molecule has 0 spiro atoms. The molecule has 0 bridgehead atoms. The lowest BCUT2D eigenvalue weighted by atomic mass is 10.1. The minimum atomic E-state index is -0.513. The molecule has 0 aliphatic heterocycles. The Hall–Kier alpha value is -1.75. The summed E-state index contributed by atoms with van der Waals surface area (Å²) in [6, 6.07) is 4.51. The Bertz CT molecular complexity index is 429. The van der Waals surface area contributed by atoms with Crippen LogP contribution in [0.4, 0.5) is 0 Å². The van der Waals surface area contributed by atoms with E-state index >= 15 is 0 Å². The molecule has 0 fully saturated rings. The zero-order valence-corrected chi connectivity index (χ0v) is 11.1. The van der Waals surface area contributed by atoms with E-state index in [9.17, 15) is 9.90 Å². The number of carbonyl (C=O) groups is 1. The molecule has 18 heavy (non-hydrogen) atoms. The molecule has 0 unspecified atom stereocenters. The van der Waals surface area contributed by atoms with Gasteiger partial charge < -0.3 is 19.9 Å². The number of rotatable bonds is 5. The average Bonchev–Trinajstić information content (AvgIpc) is 2.28. The summed E-state index contributed by atoms with van der Waals surface area (Å²) < 4.78 is 10.0. The molecule has 1 aromatic rings. The van der Waals surface area contributed by atoms with Gasteiger partial charge in [-0.25, -0.2) is 0 Å². The smallest absolute Gasteiger partial charge is 0.255 e. The molecule has 100 valence electrons. The maximum Gasteiger partial charge on any atom is 0.255 e. The molecule has 0 atom stereocenters. The molecular formula is C13H19NO4. The highest BCUT2D eigenvalue weighted by atomic mass is 16.5. The largest absolute Gasteiger partial charge is 0.507 e. The molecule has 0 radical (unpaired) electrons. The highest BCUT2D eigenvalue weighted by molar-refractivity contribution is 5.97. The van der Waals surface area contributed by atoms with Gasteiger partial charge in [0.15, 0.2) is 0 Å². The minimum absolute atomic E-state index is 0.0819. The maximum atomic E-state index is 12.0. The van der Waals surface area contributed by atoms with Crippen LogP contribution >= 0.6 is 0 Å². The number of aromatic hydroxyl groups is 1. The van der Waals surface area contributed by atoms with Crippen LogP contribution in [0.2, 0.25) is 0 Å². The van der Waals surface area contributed by atoms with Crippen LogP contribution in [0.3, 0.4) is 0 Å². The van der Waals surface area contributed by atoms with Gasteiger partial charge in [-0.2, -0.15) is 0 Å². The van der Waals surface area contributed by atoms with Crippen molar-refractivity contribution in [2.24, 2.45) is 0 Å². The van der Waals surface area contributed by atoms with Gasteiger partial charge in [0.2, 0.25) is 0 Å². The number of carbonyl (C=O) groups excluding carboxylic acids is 1. The Morgan fingerprint density at radius 2 is 2.06 bits per heavy atom.